The van der Waals surface area contributed by atoms with Gasteiger partial charge in [0.05, 0.1) is 48.7 Å². The first-order chi connectivity index (χ1) is 29.5. The Kier molecular flexibility index (Phi) is 10.4. The highest BCUT2D eigenvalue weighted by molar-refractivity contribution is 6.02. The normalized spacial score (nSPS) is 19.6. The Morgan fingerprint density at radius 3 is 2.26 bits per heavy atom. The van der Waals surface area contributed by atoms with E-state index >= 15 is 0 Å². The van der Waals surface area contributed by atoms with E-state index in [2.05, 4.69) is 87.9 Å². The van der Waals surface area contributed by atoms with Gasteiger partial charge in [-0.3, -0.25) is 19.3 Å². The molecule has 0 spiro atoms. The van der Waals surface area contributed by atoms with Crippen LogP contribution in [0.2, 0.25) is 0 Å². The predicted octanol–water partition coefficient (Wildman–Crippen LogP) is 7.59. The average molecular weight is 819 g/mol. The number of carbonyl (C=O) groups is 4. The number of hydrogen-bond acceptors (Lipinski definition) is 7. The van der Waals surface area contributed by atoms with Crippen molar-refractivity contribution >= 4 is 35.1 Å². The van der Waals surface area contributed by atoms with E-state index in [0.29, 0.717) is 38.1 Å². The summed E-state index contributed by atoms with van der Waals surface area (Å²) in [6.07, 6.45) is 6.78. The molecule has 1 saturated heterocycles. The van der Waals surface area contributed by atoms with Crippen LogP contribution in [0.15, 0.2) is 84.4 Å². The summed E-state index contributed by atoms with van der Waals surface area (Å²) in [5.74, 6) is 1.02. The van der Waals surface area contributed by atoms with E-state index in [9.17, 15) is 19.2 Å². The lowest BCUT2D eigenvalue weighted by Gasteiger charge is -2.30. The van der Waals surface area contributed by atoms with Gasteiger partial charge in [-0.1, -0.05) is 75.4 Å². The molecular formula is C48H50N8O5. The summed E-state index contributed by atoms with van der Waals surface area (Å²) in [6, 6.07) is 19.1. The third-order valence-corrected chi connectivity index (χ3v) is 12.5. The lowest BCUT2D eigenvalue weighted by Crippen LogP contribution is -2.51. The Hall–Kier alpha value is -6.72. The topological polar surface area (TPSA) is 165 Å². The second-order valence-electron chi connectivity index (χ2n) is 16.7. The van der Waals surface area contributed by atoms with Crippen LogP contribution in [0.4, 0.5) is 10.5 Å². The third-order valence-electron chi connectivity index (χ3n) is 12.5. The summed E-state index contributed by atoms with van der Waals surface area (Å²) in [7, 11) is 1.30. The molecule has 4 amide bonds. The number of benzene rings is 3. The van der Waals surface area contributed by atoms with Crippen LogP contribution in [0, 0.1) is 5.92 Å². The number of aromatic nitrogens is 4. The zero-order chi connectivity index (χ0) is 42.5. The van der Waals surface area contributed by atoms with E-state index in [1.807, 2.05) is 42.1 Å². The second kappa shape index (κ2) is 16.0. The van der Waals surface area contributed by atoms with Crippen LogP contribution in [-0.2, 0) is 32.0 Å². The minimum Gasteiger partial charge on any atom is -0.453 e. The molecule has 1 fully saturated rings. The number of nitrogens with zero attached hydrogens (tertiary/aromatic N) is 4. The number of para-hydroxylation sites is 1. The number of alkyl carbamates (subject to hydrolysis) is 1. The van der Waals surface area contributed by atoms with Crippen LogP contribution in [0.3, 0.4) is 0 Å². The van der Waals surface area contributed by atoms with Crippen LogP contribution >= 0.6 is 0 Å². The molecule has 1 aliphatic carbocycles. The number of hydrogen-bond donors (Lipinski definition) is 4. The van der Waals surface area contributed by atoms with Crippen LogP contribution < -0.4 is 15.5 Å². The summed E-state index contributed by atoms with van der Waals surface area (Å²) in [5, 5.41) is 5.68. The number of amides is 4. The van der Waals surface area contributed by atoms with Gasteiger partial charge in [0.1, 0.15) is 23.7 Å². The van der Waals surface area contributed by atoms with Gasteiger partial charge in [-0.2, -0.15) is 0 Å². The summed E-state index contributed by atoms with van der Waals surface area (Å²) in [4.78, 5) is 72.5. The SMILES string of the molecule is CCC(=O)N[C@H](C(=O)N1CCC[C@H]1c1ncc(-c2ccc(-c3ccc(-c4cnc([C@@H]5Cc6cccc7c6N5C(=O)[C@@H](NC(=O)OC)CC7)[nH]4)cc3)c(C3=C=C3C)c2)[nH]1)C(C)C. The molecule has 13 nitrogen and oxygen atoms in total. The number of ether oxygens (including phenoxy) is 1. The van der Waals surface area contributed by atoms with Crippen molar-refractivity contribution in [2.75, 3.05) is 18.6 Å². The summed E-state index contributed by atoms with van der Waals surface area (Å²) in [6.45, 7) is 8.40. The molecule has 5 aromatic rings. The molecule has 4 atom stereocenters. The highest BCUT2D eigenvalue weighted by Crippen LogP contribution is 2.45. The minimum atomic E-state index is -0.706. The van der Waals surface area contributed by atoms with Gasteiger partial charge in [0.2, 0.25) is 17.7 Å². The van der Waals surface area contributed by atoms with Crippen LogP contribution in [0.5, 0.6) is 0 Å². The lowest BCUT2D eigenvalue weighted by molar-refractivity contribution is -0.138. The number of anilines is 1. The summed E-state index contributed by atoms with van der Waals surface area (Å²) in [5.41, 5.74) is 15.6. The molecule has 0 saturated carbocycles. The number of nitrogens with one attached hydrogen (secondary N) is 4. The van der Waals surface area contributed by atoms with E-state index in [4.69, 9.17) is 14.7 Å². The Labute approximate surface area is 354 Å². The molecule has 2 aromatic heterocycles. The highest BCUT2D eigenvalue weighted by atomic mass is 16.5. The number of likely N-dealkylation sites (tertiary alicyclic amines) is 1. The van der Waals surface area contributed by atoms with E-state index in [1.54, 1.807) is 6.92 Å². The number of methoxy groups -OCH3 is 1. The summed E-state index contributed by atoms with van der Waals surface area (Å²) < 4.78 is 4.83. The zero-order valence-corrected chi connectivity index (χ0v) is 35.1. The van der Waals surface area contributed by atoms with Gasteiger partial charge in [-0.25, -0.2) is 14.8 Å². The number of imidazole rings is 2. The maximum absolute atomic E-state index is 14.0. The fourth-order valence-electron chi connectivity index (χ4n) is 9.20. The van der Waals surface area contributed by atoms with E-state index in [1.165, 1.54) is 7.11 Å². The van der Waals surface area contributed by atoms with E-state index in [-0.39, 0.29) is 35.7 Å². The number of rotatable bonds is 11. The van der Waals surface area contributed by atoms with Gasteiger partial charge in [0.15, 0.2) is 0 Å². The number of aromatic amines is 2. The fourth-order valence-corrected chi connectivity index (χ4v) is 9.20. The maximum atomic E-state index is 14.0. The van der Waals surface area contributed by atoms with Crippen molar-refractivity contribution in [1.82, 2.24) is 35.5 Å². The Morgan fingerprint density at radius 1 is 0.902 bits per heavy atom. The molecule has 4 aliphatic rings. The van der Waals surface area contributed by atoms with Gasteiger partial charge < -0.3 is 30.2 Å². The average Bonchev–Trinajstić information content (AvgIpc) is 3.82. The molecule has 3 aliphatic heterocycles. The van der Waals surface area contributed by atoms with Gasteiger partial charge in [0.25, 0.3) is 0 Å². The smallest absolute Gasteiger partial charge is 0.407 e. The van der Waals surface area contributed by atoms with E-state index in [0.717, 1.165) is 85.8 Å². The van der Waals surface area contributed by atoms with Crippen LogP contribution in [-0.4, -0.2) is 74.4 Å². The standard InChI is InChI=1S/C48H50N8O5/c1-6-41(57)54-42(26(2)3)47(59)55-20-8-11-39(55)44-49-25-38(52-44)31-16-18-33(35(22-31)34-21-27(34)4)28-12-14-29(15-13-28)37-24-50-45(51-37)40-23-32-10-7-9-30-17-19-36(53-48(60)61-5)46(58)56(40)43(30)32/h7,9-10,12-16,18,22,24-26,36,39-40,42H,6,8,11,17,19-20,23H2,1-5H3,(H,49,52)(H,50,51)(H,53,60)(H,54,57)/t36-,39-,40-,42-/m0/s1. The largest absolute Gasteiger partial charge is 0.453 e. The van der Waals surface area contributed by atoms with E-state index < -0.39 is 18.2 Å². The van der Waals surface area contributed by atoms with Crippen molar-refractivity contribution in [2.45, 2.75) is 90.4 Å². The molecule has 9 rings (SSSR count). The molecule has 4 N–H and O–H groups in total. The number of carbonyl (C=O) groups excluding carboxylic acids is 4. The van der Waals surface area contributed by atoms with Gasteiger partial charge in [0, 0.05) is 36.1 Å². The first-order valence-electron chi connectivity index (χ1n) is 21.2. The first-order valence-corrected chi connectivity index (χ1v) is 21.2. The van der Waals surface area contributed by atoms with Crippen molar-refractivity contribution < 1.29 is 23.9 Å². The Morgan fingerprint density at radius 2 is 1.57 bits per heavy atom. The molecular weight excluding hydrogens is 769 g/mol. The van der Waals surface area contributed by atoms with Crippen molar-refractivity contribution in [3.8, 4) is 33.6 Å². The zero-order valence-electron chi connectivity index (χ0n) is 35.1. The second-order valence-corrected chi connectivity index (χ2v) is 16.7. The molecule has 61 heavy (non-hydrogen) atoms. The van der Waals surface area contributed by atoms with Crippen molar-refractivity contribution in [2.24, 2.45) is 5.92 Å². The van der Waals surface area contributed by atoms with Gasteiger partial charge in [-0.05, 0) is 78.0 Å². The molecule has 5 heterocycles. The quantitative estimate of drug-likeness (QED) is 0.0998. The fraction of sp³-hybridized carbons (Fsp3) is 0.354. The van der Waals surface area contributed by atoms with Crippen molar-refractivity contribution in [3.05, 3.63) is 113 Å². The lowest BCUT2D eigenvalue weighted by atomic mass is 9.93. The van der Waals surface area contributed by atoms with Crippen molar-refractivity contribution in [3.63, 3.8) is 0 Å². The number of aryl methyl sites for hydroxylation is 1. The minimum absolute atomic E-state index is 0.0393. The first kappa shape index (κ1) is 39.7. The Balaban J connectivity index is 0.941. The third kappa shape index (κ3) is 7.43. The highest BCUT2D eigenvalue weighted by Gasteiger charge is 2.43. The summed E-state index contributed by atoms with van der Waals surface area (Å²) >= 11 is 0. The Bertz CT molecular complexity index is 2630. The molecule has 13 heteroatoms. The number of allylic oxidation sites excluding steroid dienone is 1. The predicted molar refractivity (Wildman–Crippen MR) is 232 cm³/mol. The molecule has 3 aromatic carbocycles. The molecule has 0 unspecified atom stereocenters. The molecule has 312 valence electrons. The monoisotopic (exact) mass is 818 g/mol. The van der Waals surface area contributed by atoms with Crippen molar-refractivity contribution in [1.29, 1.82) is 0 Å². The molecule has 0 bridgehead atoms. The maximum Gasteiger partial charge on any atom is 0.407 e. The van der Waals surface area contributed by atoms with Crippen LogP contribution in [0.1, 0.15) is 93.8 Å². The van der Waals surface area contributed by atoms with Gasteiger partial charge in [-0.15, -0.1) is 5.73 Å². The van der Waals surface area contributed by atoms with Gasteiger partial charge >= 0.3 is 6.09 Å². The number of H-pyrrole nitrogens is 2. The molecule has 0 radical (unpaired) electrons. The van der Waals surface area contributed by atoms with Crippen LogP contribution in [0.25, 0.3) is 39.2 Å².